The standard InChI is InChI=1S/C19H23N3O5/c1-3-27-19(26)21-10-8-20(9-11-21)16-12-17(24)22(18(16)25)15-6-4-14(5-7-15)13(2)23/h4-7,16H,3,8-12H2,1-2H3. The van der Waals surface area contributed by atoms with Gasteiger partial charge in [0.05, 0.1) is 24.8 Å². The summed E-state index contributed by atoms with van der Waals surface area (Å²) in [5.74, 6) is -0.591. The number of rotatable bonds is 4. The maximum Gasteiger partial charge on any atom is 0.409 e. The fraction of sp³-hybridized carbons (Fsp3) is 0.474. The van der Waals surface area contributed by atoms with Crippen molar-refractivity contribution in [2.24, 2.45) is 0 Å². The molecule has 1 aromatic rings. The molecule has 0 radical (unpaired) electrons. The lowest BCUT2D eigenvalue weighted by Crippen LogP contribution is -2.54. The number of ether oxygens (including phenoxy) is 1. The number of ketones is 1. The zero-order valence-electron chi connectivity index (χ0n) is 15.5. The van der Waals surface area contributed by atoms with E-state index in [1.54, 1.807) is 36.1 Å². The predicted octanol–water partition coefficient (Wildman–Crippen LogP) is 1.30. The Kier molecular flexibility index (Phi) is 5.55. The van der Waals surface area contributed by atoms with Gasteiger partial charge in [-0.05, 0) is 38.1 Å². The largest absolute Gasteiger partial charge is 0.450 e. The van der Waals surface area contributed by atoms with Crippen LogP contribution in [0.25, 0.3) is 0 Å². The van der Waals surface area contributed by atoms with Crippen LogP contribution in [0.5, 0.6) is 0 Å². The maximum atomic E-state index is 12.8. The minimum absolute atomic E-state index is 0.0713. The molecule has 0 spiro atoms. The molecule has 8 heteroatoms. The molecular weight excluding hydrogens is 350 g/mol. The number of hydrogen-bond acceptors (Lipinski definition) is 6. The number of carbonyl (C=O) groups excluding carboxylic acids is 4. The number of piperazine rings is 1. The smallest absolute Gasteiger partial charge is 0.409 e. The van der Waals surface area contributed by atoms with E-state index < -0.39 is 6.04 Å². The summed E-state index contributed by atoms with van der Waals surface area (Å²) in [6.45, 7) is 5.50. The Morgan fingerprint density at radius 2 is 1.70 bits per heavy atom. The summed E-state index contributed by atoms with van der Waals surface area (Å²) in [5.41, 5.74) is 1.01. The first-order chi connectivity index (χ1) is 12.9. The third-order valence-corrected chi connectivity index (χ3v) is 4.94. The van der Waals surface area contributed by atoms with Crippen LogP contribution in [0.2, 0.25) is 0 Å². The normalized spacial score (nSPS) is 20.9. The van der Waals surface area contributed by atoms with E-state index in [0.717, 1.165) is 0 Å². The van der Waals surface area contributed by atoms with Crippen LogP contribution in [0.4, 0.5) is 10.5 Å². The van der Waals surface area contributed by atoms with Crippen LogP contribution in [0.3, 0.4) is 0 Å². The quantitative estimate of drug-likeness (QED) is 0.584. The Hall–Kier alpha value is -2.74. The van der Waals surface area contributed by atoms with Crippen LogP contribution < -0.4 is 4.90 Å². The first-order valence-corrected chi connectivity index (χ1v) is 9.06. The van der Waals surface area contributed by atoms with Gasteiger partial charge in [0.25, 0.3) is 5.91 Å². The van der Waals surface area contributed by atoms with E-state index in [1.807, 2.05) is 4.90 Å². The highest BCUT2D eigenvalue weighted by Gasteiger charge is 2.43. The molecule has 3 amide bonds. The summed E-state index contributed by atoms with van der Waals surface area (Å²) in [6.07, 6.45) is -0.231. The Bertz CT molecular complexity index is 753. The lowest BCUT2D eigenvalue weighted by Gasteiger charge is -2.36. The molecule has 0 aromatic heterocycles. The number of amides is 3. The minimum Gasteiger partial charge on any atom is -0.450 e. The van der Waals surface area contributed by atoms with Gasteiger partial charge in [-0.25, -0.2) is 9.69 Å². The third kappa shape index (κ3) is 3.85. The van der Waals surface area contributed by atoms with Crippen LogP contribution in [-0.2, 0) is 14.3 Å². The number of Topliss-reactive ketones (excluding diaryl/α,β-unsaturated/α-hetero) is 1. The van der Waals surface area contributed by atoms with Crippen molar-refractivity contribution < 1.29 is 23.9 Å². The number of hydrogen-bond donors (Lipinski definition) is 0. The molecule has 1 atom stereocenters. The Labute approximate surface area is 157 Å². The molecule has 1 unspecified atom stereocenters. The van der Waals surface area contributed by atoms with Gasteiger partial charge in [-0.1, -0.05) is 0 Å². The number of nitrogens with zero attached hydrogens (tertiary/aromatic N) is 3. The highest BCUT2D eigenvalue weighted by molar-refractivity contribution is 6.22. The van der Waals surface area contributed by atoms with Gasteiger partial charge in [-0.15, -0.1) is 0 Å². The highest BCUT2D eigenvalue weighted by Crippen LogP contribution is 2.26. The molecule has 0 aliphatic carbocycles. The monoisotopic (exact) mass is 373 g/mol. The molecule has 1 aromatic carbocycles. The predicted molar refractivity (Wildman–Crippen MR) is 97.5 cm³/mol. The van der Waals surface area contributed by atoms with Crippen LogP contribution in [-0.4, -0.2) is 72.3 Å². The Morgan fingerprint density at radius 3 is 2.26 bits per heavy atom. The van der Waals surface area contributed by atoms with Gasteiger partial charge < -0.3 is 9.64 Å². The van der Waals surface area contributed by atoms with Crippen molar-refractivity contribution in [3.8, 4) is 0 Å². The number of carbonyl (C=O) groups is 4. The summed E-state index contributed by atoms with van der Waals surface area (Å²) in [6, 6.07) is 5.95. The first-order valence-electron chi connectivity index (χ1n) is 9.06. The van der Waals surface area contributed by atoms with Gasteiger partial charge >= 0.3 is 6.09 Å². The van der Waals surface area contributed by atoms with E-state index in [4.69, 9.17) is 4.74 Å². The number of imide groups is 1. The van der Waals surface area contributed by atoms with Crippen molar-refractivity contribution in [2.45, 2.75) is 26.3 Å². The van der Waals surface area contributed by atoms with E-state index in [1.165, 1.54) is 11.8 Å². The molecule has 2 aliphatic heterocycles. The highest BCUT2D eigenvalue weighted by atomic mass is 16.6. The molecule has 144 valence electrons. The minimum atomic E-state index is -0.519. The van der Waals surface area contributed by atoms with Gasteiger partial charge in [0, 0.05) is 31.7 Å². The van der Waals surface area contributed by atoms with Crippen molar-refractivity contribution >= 4 is 29.4 Å². The lowest BCUT2D eigenvalue weighted by atomic mass is 10.1. The molecule has 8 nitrogen and oxygen atoms in total. The SMILES string of the molecule is CCOC(=O)N1CCN(C2CC(=O)N(c3ccc(C(C)=O)cc3)C2=O)CC1. The van der Waals surface area contributed by atoms with Gasteiger partial charge in [0.15, 0.2) is 5.78 Å². The van der Waals surface area contributed by atoms with E-state index >= 15 is 0 Å². The van der Waals surface area contributed by atoms with Crippen LogP contribution in [0.1, 0.15) is 30.6 Å². The molecule has 0 saturated carbocycles. The molecule has 27 heavy (non-hydrogen) atoms. The maximum absolute atomic E-state index is 12.8. The third-order valence-electron chi connectivity index (χ3n) is 4.94. The molecule has 2 saturated heterocycles. The Balaban J connectivity index is 1.66. The van der Waals surface area contributed by atoms with E-state index in [2.05, 4.69) is 0 Å². The molecule has 3 rings (SSSR count). The van der Waals surface area contributed by atoms with Crippen LogP contribution >= 0.6 is 0 Å². The first kappa shape index (κ1) is 19.0. The summed E-state index contributed by atoms with van der Waals surface area (Å²) >= 11 is 0. The molecule has 2 fully saturated rings. The second kappa shape index (κ2) is 7.87. The average molecular weight is 373 g/mol. The van der Waals surface area contributed by atoms with E-state index in [0.29, 0.717) is 44.0 Å². The zero-order valence-corrected chi connectivity index (χ0v) is 15.5. The molecular formula is C19H23N3O5. The molecule has 0 N–H and O–H groups in total. The number of benzene rings is 1. The second-order valence-corrected chi connectivity index (χ2v) is 6.61. The summed E-state index contributed by atoms with van der Waals surface area (Å²) in [7, 11) is 0. The molecule has 2 heterocycles. The van der Waals surface area contributed by atoms with Gasteiger partial charge in [0.1, 0.15) is 0 Å². The van der Waals surface area contributed by atoms with Crippen molar-refractivity contribution in [1.29, 1.82) is 0 Å². The van der Waals surface area contributed by atoms with Crippen molar-refractivity contribution in [3.05, 3.63) is 29.8 Å². The van der Waals surface area contributed by atoms with Crippen LogP contribution in [0, 0.1) is 0 Å². The average Bonchev–Trinajstić information content (AvgIpc) is 2.96. The molecule has 2 aliphatic rings. The topological polar surface area (TPSA) is 87.2 Å². The molecule has 0 bridgehead atoms. The van der Waals surface area contributed by atoms with Crippen molar-refractivity contribution in [2.75, 3.05) is 37.7 Å². The fourth-order valence-electron chi connectivity index (χ4n) is 3.45. The summed E-state index contributed by atoms with van der Waals surface area (Å²) in [4.78, 5) is 53.2. The lowest BCUT2D eigenvalue weighted by molar-refractivity contribution is -0.123. The number of anilines is 1. The van der Waals surface area contributed by atoms with Gasteiger partial charge in [-0.3, -0.25) is 19.3 Å². The fourth-order valence-corrected chi connectivity index (χ4v) is 3.45. The summed E-state index contributed by atoms with van der Waals surface area (Å²) in [5, 5.41) is 0. The van der Waals surface area contributed by atoms with E-state index in [-0.39, 0.29) is 30.1 Å². The second-order valence-electron chi connectivity index (χ2n) is 6.61. The van der Waals surface area contributed by atoms with E-state index in [9.17, 15) is 19.2 Å². The van der Waals surface area contributed by atoms with Gasteiger partial charge in [-0.2, -0.15) is 0 Å². The van der Waals surface area contributed by atoms with Crippen LogP contribution in [0.15, 0.2) is 24.3 Å². The van der Waals surface area contributed by atoms with Crippen molar-refractivity contribution in [1.82, 2.24) is 9.80 Å². The zero-order chi connectivity index (χ0) is 19.6. The van der Waals surface area contributed by atoms with Gasteiger partial charge in [0.2, 0.25) is 5.91 Å². The Morgan fingerprint density at radius 1 is 1.07 bits per heavy atom. The van der Waals surface area contributed by atoms with Crippen molar-refractivity contribution in [3.63, 3.8) is 0 Å². The summed E-state index contributed by atoms with van der Waals surface area (Å²) < 4.78 is 5.00.